The molecule has 1 aromatic heterocycles. The number of benzene rings is 2. The maximum absolute atomic E-state index is 13.6. The number of fused-ring (bicyclic) bond motifs is 1. The zero-order valence-electron chi connectivity index (χ0n) is 12.2. The lowest BCUT2D eigenvalue weighted by molar-refractivity contribution is -0.384. The Hall–Kier alpha value is -2.77. The van der Waals surface area contributed by atoms with E-state index < -0.39 is 16.6 Å². The highest BCUT2D eigenvalue weighted by Gasteiger charge is 2.19. The molecule has 0 saturated heterocycles. The van der Waals surface area contributed by atoms with Gasteiger partial charge >= 0.3 is 0 Å². The number of nitrogens with zero attached hydrogens (tertiary/aromatic N) is 2. The van der Waals surface area contributed by atoms with Crippen molar-refractivity contribution in [2.24, 2.45) is 5.73 Å². The third-order valence-corrected chi connectivity index (χ3v) is 4.00. The molecule has 0 fully saturated rings. The van der Waals surface area contributed by atoms with Gasteiger partial charge in [0.1, 0.15) is 10.8 Å². The van der Waals surface area contributed by atoms with Crippen LogP contribution in [0.15, 0.2) is 42.6 Å². The summed E-state index contributed by atoms with van der Waals surface area (Å²) in [5.74, 6) is -1.04. The zero-order chi connectivity index (χ0) is 17.4. The number of carbonyl (C=O) groups is 1. The Bertz CT molecular complexity index is 984. The van der Waals surface area contributed by atoms with Gasteiger partial charge < -0.3 is 5.73 Å². The van der Waals surface area contributed by atoms with Gasteiger partial charge in [0.25, 0.3) is 11.6 Å². The summed E-state index contributed by atoms with van der Waals surface area (Å²) in [5, 5.41) is 11.6. The third kappa shape index (κ3) is 2.64. The number of aromatic nitrogens is 1. The summed E-state index contributed by atoms with van der Waals surface area (Å²) in [5.41, 5.74) is 6.37. The van der Waals surface area contributed by atoms with E-state index in [4.69, 9.17) is 17.3 Å². The summed E-state index contributed by atoms with van der Waals surface area (Å²) >= 11 is 5.76. The van der Waals surface area contributed by atoms with Crippen LogP contribution in [0.1, 0.15) is 15.9 Å². The van der Waals surface area contributed by atoms with Crippen LogP contribution in [0, 0.1) is 15.9 Å². The van der Waals surface area contributed by atoms with Gasteiger partial charge in [-0.15, -0.1) is 0 Å². The molecule has 0 saturated carbocycles. The molecule has 6 nitrogen and oxygen atoms in total. The standard InChI is InChI=1S/C16H11ClFN3O3/c17-13-4-1-9(5-15(13)21(23)24)16(22)20-8-10(7-19)12-3-2-11(18)6-14(12)20/h1-6,8H,7,19H2. The molecule has 2 N–H and O–H groups in total. The van der Waals surface area contributed by atoms with Crippen LogP contribution < -0.4 is 5.73 Å². The first-order chi connectivity index (χ1) is 11.4. The highest BCUT2D eigenvalue weighted by molar-refractivity contribution is 6.32. The molecule has 3 aromatic rings. The van der Waals surface area contributed by atoms with Crippen LogP contribution in [0.2, 0.25) is 5.02 Å². The van der Waals surface area contributed by atoms with E-state index in [1.54, 1.807) is 6.07 Å². The molecule has 122 valence electrons. The van der Waals surface area contributed by atoms with Gasteiger partial charge in [0, 0.05) is 29.8 Å². The summed E-state index contributed by atoms with van der Waals surface area (Å²) < 4.78 is 14.8. The maximum atomic E-state index is 13.6. The van der Waals surface area contributed by atoms with Crippen molar-refractivity contribution in [1.29, 1.82) is 0 Å². The van der Waals surface area contributed by atoms with E-state index in [0.29, 0.717) is 16.5 Å². The van der Waals surface area contributed by atoms with Crippen LogP contribution in [-0.4, -0.2) is 15.4 Å². The van der Waals surface area contributed by atoms with Gasteiger partial charge in [0.15, 0.2) is 0 Å². The van der Waals surface area contributed by atoms with Crippen molar-refractivity contribution >= 4 is 34.1 Å². The predicted molar refractivity (Wildman–Crippen MR) is 87.6 cm³/mol. The normalized spacial score (nSPS) is 11.0. The van der Waals surface area contributed by atoms with Crippen molar-refractivity contribution in [3.63, 3.8) is 0 Å². The number of nitro benzene ring substituents is 1. The zero-order valence-corrected chi connectivity index (χ0v) is 13.0. The first-order valence-corrected chi connectivity index (χ1v) is 7.28. The molecule has 0 aliphatic carbocycles. The Morgan fingerprint density at radius 2 is 2.04 bits per heavy atom. The monoisotopic (exact) mass is 347 g/mol. The van der Waals surface area contributed by atoms with Crippen molar-refractivity contribution in [3.05, 3.63) is 74.7 Å². The Labute approximate surface area is 140 Å². The number of halogens is 2. The van der Waals surface area contributed by atoms with Crippen LogP contribution >= 0.6 is 11.6 Å². The number of hydrogen-bond acceptors (Lipinski definition) is 4. The lowest BCUT2D eigenvalue weighted by Gasteiger charge is -2.05. The van der Waals surface area contributed by atoms with E-state index >= 15 is 0 Å². The molecule has 0 aliphatic rings. The van der Waals surface area contributed by atoms with Crippen molar-refractivity contribution in [2.75, 3.05) is 0 Å². The minimum atomic E-state index is -0.669. The van der Waals surface area contributed by atoms with Crippen molar-refractivity contribution < 1.29 is 14.1 Å². The highest BCUT2D eigenvalue weighted by atomic mass is 35.5. The Morgan fingerprint density at radius 3 is 2.71 bits per heavy atom. The molecular formula is C16H11ClFN3O3. The molecule has 24 heavy (non-hydrogen) atoms. The van der Waals surface area contributed by atoms with E-state index in [-0.39, 0.29) is 22.8 Å². The van der Waals surface area contributed by atoms with Crippen LogP contribution in [0.3, 0.4) is 0 Å². The number of nitrogens with two attached hydrogens (primary N) is 1. The Morgan fingerprint density at radius 1 is 1.29 bits per heavy atom. The number of nitro groups is 1. The van der Waals surface area contributed by atoms with E-state index in [2.05, 4.69) is 0 Å². The third-order valence-electron chi connectivity index (χ3n) is 3.68. The molecule has 3 rings (SSSR count). The van der Waals surface area contributed by atoms with Gasteiger partial charge in [0.05, 0.1) is 10.4 Å². The fraction of sp³-hybridized carbons (Fsp3) is 0.0625. The second kappa shape index (κ2) is 6.03. The molecule has 2 aromatic carbocycles. The summed E-state index contributed by atoms with van der Waals surface area (Å²) in [6, 6.07) is 7.80. The average molecular weight is 348 g/mol. The highest BCUT2D eigenvalue weighted by Crippen LogP contribution is 2.27. The maximum Gasteiger partial charge on any atom is 0.288 e. The molecule has 1 heterocycles. The summed E-state index contributed by atoms with van der Waals surface area (Å²) in [4.78, 5) is 23.0. The van der Waals surface area contributed by atoms with E-state index in [1.165, 1.54) is 35.0 Å². The quantitative estimate of drug-likeness (QED) is 0.580. The van der Waals surface area contributed by atoms with Gasteiger partial charge in [-0.3, -0.25) is 19.5 Å². The minimum absolute atomic E-state index is 0.0656. The van der Waals surface area contributed by atoms with Crippen LogP contribution in [0.25, 0.3) is 10.9 Å². The molecular weight excluding hydrogens is 337 g/mol. The Kier molecular flexibility index (Phi) is 4.04. The smallest absolute Gasteiger partial charge is 0.288 e. The lowest BCUT2D eigenvalue weighted by Crippen LogP contribution is -2.11. The van der Waals surface area contributed by atoms with Gasteiger partial charge in [-0.05, 0) is 35.9 Å². The van der Waals surface area contributed by atoms with Crippen LogP contribution in [0.5, 0.6) is 0 Å². The average Bonchev–Trinajstić information content (AvgIpc) is 2.92. The molecule has 0 amide bonds. The molecule has 0 bridgehead atoms. The van der Waals surface area contributed by atoms with Gasteiger partial charge in [0.2, 0.25) is 0 Å². The van der Waals surface area contributed by atoms with Gasteiger partial charge in [-0.2, -0.15) is 0 Å². The fourth-order valence-corrected chi connectivity index (χ4v) is 2.71. The molecule has 8 heteroatoms. The molecule has 0 unspecified atom stereocenters. The molecule has 0 spiro atoms. The second-order valence-electron chi connectivity index (χ2n) is 5.12. The SMILES string of the molecule is NCc1cn(C(=O)c2ccc(Cl)c([N+](=O)[O-])c2)c2cc(F)ccc12. The number of hydrogen-bond donors (Lipinski definition) is 1. The first-order valence-electron chi connectivity index (χ1n) is 6.90. The van der Waals surface area contributed by atoms with Crippen molar-refractivity contribution in [1.82, 2.24) is 4.57 Å². The van der Waals surface area contributed by atoms with Crippen molar-refractivity contribution in [3.8, 4) is 0 Å². The van der Waals surface area contributed by atoms with Gasteiger partial charge in [-0.25, -0.2) is 4.39 Å². The van der Waals surface area contributed by atoms with Gasteiger partial charge in [-0.1, -0.05) is 11.6 Å². The molecule has 0 aliphatic heterocycles. The van der Waals surface area contributed by atoms with Crippen molar-refractivity contribution in [2.45, 2.75) is 6.54 Å². The molecule has 0 atom stereocenters. The largest absolute Gasteiger partial charge is 0.326 e. The first kappa shape index (κ1) is 16.1. The predicted octanol–water partition coefficient (Wildman–Crippen LogP) is 3.49. The number of rotatable bonds is 3. The topological polar surface area (TPSA) is 91.2 Å². The summed E-state index contributed by atoms with van der Waals surface area (Å²) in [7, 11) is 0. The lowest BCUT2D eigenvalue weighted by atomic mass is 10.1. The fourth-order valence-electron chi connectivity index (χ4n) is 2.53. The number of carbonyl (C=O) groups excluding carboxylic acids is 1. The minimum Gasteiger partial charge on any atom is -0.326 e. The van der Waals surface area contributed by atoms with E-state index in [9.17, 15) is 19.3 Å². The van der Waals surface area contributed by atoms with E-state index in [1.807, 2.05) is 0 Å². The van der Waals surface area contributed by atoms with E-state index in [0.717, 1.165) is 6.07 Å². The van der Waals surface area contributed by atoms with Crippen LogP contribution in [0.4, 0.5) is 10.1 Å². The second-order valence-corrected chi connectivity index (χ2v) is 5.53. The Balaban J connectivity index is 2.17. The van der Waals surface area contributed by atoms with Crippen LogP contribution in [-0.2, 0) is 6.54 Å². The summed E-state index contributed by atoms with van der Waals surface area (Å²) in [6.45, 7) is 0.170. The molecule has 0 radical (unpaired) electrons. The summed E-state index contributed by atoms with van der Waals surface area (Å²) in [6.07, 6.45) is 1.51.